The van der Waals surface area contributed by atoms with Crippen molar-refractivity contribution >= 4 is 98.4 Å². The van der Waals surface area contributed by atoms with E-state index < -0.39 is 5.95 Å². The molecule has 48 heavy (non-hydrogen) atoms. The summed E-state index contributed by atoms with van der Waals surface area (Å²) in [4.78, 5) is 8.06. The summed E-state index contributed by atoms with van der Waals surface area (Å²) < 4.78 is 29.8. The van der Waals surface area contributed by atoms with Crippen molar-refractivity contribution in [1.82, 2.24) is 9.97 Å². The van der Waals surface area contributed by atoms with E-state index in [1.54, 1.807) is 19.2 Å². The number of halogens is 7. The van der Waals surface area contributed by atoms with Gasteiger partial charge in [-0.05, 0) is 99.4 Å². The predicted octanol–water partition coefficient (Wildman–Crippen LogP) is 8.95. The molecule has 274 valence electrons. The van der Waals surface area contributed by atoms with Gasteiger partial charge in [-0.15, -0.1) is 24.0 Å². The van der Waals surface area contributed by atoms with Gasteiger partial charge in [0.2, 0.25) is 23.6 Å². The van der Waals surface area contributed by atoms with Crippen LogP contribution in [-0.4, -0.2) is 40.5 Å². The molecule has 3 unspecified atom stereocenters. The number of ether oxygens (including phenoxy) is 3. The standard InChI is InChI=1S/C14H19NO2.C13H16FNO.C8H14O.I3.I2.HI/c1-16-13-3-2-4-14(15-13)17-12-8-10-5-6-11(7-10)9-12;14-12-2-1-3-13(15-12)16-11-7-9-4-5-10(6-9)8-11;9-8-4-6-1-2-7(3-6)5-8;1-3-2;1-2;/h2-4,10-12H,5-9H2,1H3;1-3,9-11H,4-8H2;6-9H,1-5H2;;;1H/q;;;-1;;/t10-,11+,12?;9-,10+,11?;6-,7+,8?;;;. The molecule has 2 aromatic rings. The molecule has 0 radical (unpaired) electrons. The first-order chi connectivity index (χ1) is 22.9. The molecule has 2 heterocycles. The fourth-order valence-corrected chi connectivity index (χ4v) is 8.93. The van der Waals surface area contributed by atoms with Crippen molar-refractivity contribution in [3.05, 3.63) is 42.3 Å². The SMILES string of the molecule is COc1cccc(OC2C[C@H]3CC[C@@H](C2)C3)n1.Fc1cccc(OC2C[C@H]3CC[C@@H](C2)C3)n1.I.II.I[I-]I.OC1C[C@H]2CC[C@@H](C1)C2. The normalized spacial score (nSPS) is 31.9. The number of methoxy groups -OCH3 is 1. The number of aliphatic hydroxyl groups is 1. The number of hydrogen-bond acceptors (Lipinski definition) is 6. The van der Waals surface area contributed by atoms with Gasteiger partial charge in [-0.25, -0.2) is 0 Å². The van der Waals surface area contributed by atoms with Gasteiger partial charge in [-0.2, -0.15) is 14.4 Å². The molecule has 0 aliphatic heterocycles. The summed E-state index contributed by atoms with van der Waals surface area (Å²) in [7, 11) is 1.63. The third kappa shape index (κ3) is 15.4. The molecular formula is C35H50FI6N2O4-. The van der Waals surface area contributed by atoms with Crippen LogP contribution in [0.2, 0.25) is 0 Å². The molecule has 6 aliphatic carbocycles. The maximum absolute atomic E-state index is 12.9. The van der Waals surface area contributed by atoms with E-state index in [1.807, 2.05) is 18.2 Å². The largest absolute Gasteiger partial charge is 0.393 e. The number of aromatic nitrogens is 2. The van der Waals surface area contributed by atoms with E-state index in [1.165, 1.54) is 76.7 Å². The van der Waals surface area contributed by atoms with Crippen LogP contribution in [0.3, 0.4) is 0 Å². The minimum atomic E-state index is -0.462. The summed E-state index contributed by atoms with van der Waals surface area (Å²) in [5, 5.41) is 9.29. The molecule has 0 saturated heterocycles. The van der Waals surface area contributed by atoms with Gasteiger partial charge in [0, 0.05) is 55.4 Å². The zero-order valence-corrected chi connectivity index (χ0v) is 40.6. The molecule has 0 spiro atoms. The van der Waals surface area contributed by atoms with Crippen molar-refractivity contribution in [2.45, 2.75) is 115 Å². The fourth-order valence-electron chi connectivity index (χ4n) is 8.93. The van der Waals surface area contributed by atoms with Gasteiger partial charge in [0.15, 0.2) is 0 Å². The van der Waals surface area contributed by atoms with Crippen LogP contribution >= 0.6 is 98.4 Å². The van der Waals surface area contributed by atoms with Gasteiger partial charge < -0.3 is 19.3 Å². The Labute approximate surface area is 357 Å². The Morgan fingerprint density at radius 3 is 1.38 bits per heavy atom. The number of aliphatic hydroxyl groups excluding tert-OH is 1. The minimum Gasteiger partial charge on any atom is -0.393 e. The van der Waals surface area contributed by atoms with E-state index in [0.717, 1.165) is 61.2 Å². The smallest absolute Gasteiger partial charge is 0.0545 e. The molecule has 0 amide bonds. The first kappa shape index (κ1) is 44.4. The number of nitrogens with zero attached hydrogens (tertiary/aromatic N) is 2. The predicted molar refractivity (Wildman–Crippen MR) is 232 cm³/mol. The van der Waals surface area contributed by atoms with E-state index in [-0.39, 0.29) is 36.2 Å². The summed E-state index contributed by atoms with van der Waals surface area (Å²) >= 11 is 9.54. The molecule has 6 aliphatic rings. The maximum Gasteiger partial charge on any atom is 0.0545 e. The third-order valence-electron chi connectivity index (χ3n) is 10.7. The van der Waals surface area contributed by atoms with Crippen LogP contribution in [0.5, 0.6) is 17.6 Å². The van der Waals surface area contributed by atoms with Crippen molar-refractivity contribution in [3.63, 3.8) is 0 Å². The second-order valence-electron chi connectivity index (χ2n) is 14.1. The van der Waals surface area contributed by atoms with Crippen molar-refractivity contribution < 1.29 is 37.0 Å². The van der Waals surface area contributed by atoms with Crippen molar-refractivity contribution in [3.8, 4) is 17.6 Å². The molecule has 1 N–H and O–H groups in total. The topological polar surface area (TPSA) is 73.7 Å². The Morgan fingerprint density at radius 1 is 0.625 bits per heavy atom. The Bertz CT molecular complexity index is 1160. The monoisotopic (exact) mass is 1340 g/mol. The molecule has 8 rings (SSSR count). The molecule has 6 saturated carbocycles. The third-order valence-corrected chi connectivity index (χ3v) is 10.7. The summed E-state index contributed by atoms with van der Waals surface area (Å²) in [6.45, 7) is 0. The average molecular weight is 1340 g/mol. The van der Waals surface area contributed by atoms with E-state index in [0.29, 0.717) is 37.0 Å². The molecule has 6 fully saturated rings. The zero-order valence-electron chi connectivity index (χ0n) is 27.5. The van der Waals surface area contributed by atoms with Gasteiger partial charge in [0.05, 0.1) is 13.2 Å². The first-order valence-corrected chi connectivity index (χ1v) is 35.9. The van der Waals surface area contributed by atoms with Crippen LogP contribution in [0, 0.1) is 41.5 Å². The van der Waals surface area contributed by atoms with Crippen LogP contribution in [0.4, 0.5) is 4.39 Å². The number of hydrogen-bond donors (Lipinski definition) is 1. The van der Waals surface area contributed by atoms with Crippen molar-refractivity contribution in [1.29, 1.82) is 0 Å². The molecular weight excluding hydrogens is 1290 g/mol. The maximum atomic E-state index is 12.9. The first-order valence-electron chi connectivity index (χ1n) is 17.0. The molecule has 0 aromatic carbocycles. The van der Waals surface area contributed by atoms with Gasteiger partial charge in [-0.1, -0.05) is 50.7 Å². The second kappa shape index (κ2) is 24.4. The molecule has 9 atom stereocenters. The quantitative estimate of drug-likeness (QED) is 0.238. The Kier molecular flexibility index (Phi) is 22.5. The van der Waals surface area contributed by atoms with Crippen LogP contribution in [-0.2, 0) is 0 Å². The summed E-state index contributed by atoms with van der Waals surface area (Å²) in [6.07, 6.45) is 20.0. The number of fused-ring (bicyclic) bond motifs is 6. The van der Waals surface area contributed by atoms with E-state index in [4.69, 9.17) is 14.2 Å². The van der Waals surface area contributed by atoms with Gasteiger partial charge in [-0.3, -0.25) is 0 Å². The Morgan fingerprint density at radius 2 is 0.979 bits per heavy atom. The number of rotatable bonds is 5. The zero-order chi connectivity index (χ0) is 33.6. The second-order valence-corrected chi connectivity index (χ2v) is 30.3. The van der Waals surface area contributed by atoms with Gasteiger partial charge in [0.1, 0.15) is 12.2 Å². The van der Waals surface area contributed by atoms with Crippen LogP contribution in [0.1, 0.15) is 96.3 Å². The molecule has 2 aromatic heterocycles. The van der Waals surface area contributed by atoms with Crippen LogP contribution in [0.15, 0.2) is 36.4 Å². The minimum absolute atomic E-state index is 0. The Hall–Kier alpha value is 1.97. The summed E-state index contributed by atoms with van der Waals surface area (Å²) in [6, 6.07) is 10.4. The number of pyridine rings is 2. The van der Waals surface area contributed by atoms with Crippen LogP contribution in [0.25, 0.3) is 0 Å². The van der Waals surface area contributed by atoms with Crippen molar-refractivity contribution in [2.24, 2.45) is 35.5 Å². The van der Waals surface area contributed by atoms with Gasteiger partial charge in [0.25, 0.3) is 0 Å². The van der Waals surface area contributed by atoms with E-state index >= 15 is 0 Å². The average Bonchev–Trinajstić information content (AvgIpc) is 3.72. The van der Waals surface area contributed by atoms with Crippen LogP contribution < -0.4 is 27.5 Å². The van der Waals surface area contributed by atoms with E-state index in [9.17, 15) is 9.50 Å². The summed E-state index contributed by atoms with van der Waals surface area (Å²) in [5.74, 6) is 6.53. The van der Waals surface area contributed by atoms with Gasteiger partial charge >= 0.3 is 50.5 Å². The fraction of sp³-hybridized carbons (Fsp3) is 0.714. The Balaban J connectivity index is 0.000000187. The molecule has 6 bridgehead atoms. The van der Waals surface area contributed by atoms with E-state index in [2.05, 4.69) is 84.4 Å². The van der Waals surface area contributed by atoms with Crippen molar-refractivity contribution in [2.75, 3.05) is 7.11 Å². The molecule has 13 heteroatoms. The molecule has 6 nitrogen and oxygen atoms in total. The summed E-state index contributed by atoms with van der Waals surface area (Å²) in [5.41, 5.74) is 0.